The van der Waals surface area contributed by atoms with Gasteiger partial charge in [-0.3, -0.25) is 4.98 Å². The predicted octanol–water partition coefficient (Wildman–Crippen LogP) is 1.89. The lowest BCUT2D eigenvalue weighted by molar-refractivity contribution is 0.586. The molecule has 0 aromatic carbocycles. The van der Waals surface area contributed by atoms with Gasteiger partial charge in [0.15, 0.2) is 0 Å². The molecule has 0 unspecified atom stereocenters. The fourth-order valence-electron chi connectivity index (χ4n) is 0.996. The molecule has 12 heavy (non-hydrogen) atoms. The van der Waals surface area contributed by atoms with E-state index in [1.165, 1.54) is 11.1 Å². The van der Waals surface area contributed by atoms with Crippen molar-refractivity contribution in [3.05, 3.63) is 29.6 Å². The predicted molar refractivity (Wildman–Crippen MR) is 50.9 cm³/mol. The molecule has 1 aromatic heterocycles. The highest BCUT2D eigenvalue weighted by Crippen LogP contribution is 2.04. The van der Waals surface area contributed by atoms with Gasteiger partial charge in [-0.05, 0) is 24.1 Å². The quantitative estimate of drug-likeness (QED) is 0.738. The Hall–Kier alpha value is -0.890. The molecule has 0 aliphatic rings. The van der Waals surface area contributed by atoms with Gasteiger partial charge < -0.3 is 5.32 Å². The molecule has 0 bridgehead atoms. The normalized spacial score (nSPS) is 10.7. The van der Waals surface area contributed by atoms with Gasteiger partial charge in [-0.1, -0.05) is 13.8 Å². The molecule has 2 heteroatoms. The third-order valence-electron chi connectivity index (χ3n) is 1.85. The summed E-state index contributed by atoms with van der Waals surface area (Å²) in [5.74, 6) is 0. The summed E-state index contributed by atoms with van der Waals surface area (Å²) in [7, 11) is 0. The number of hydrogen-bond donors (Lipinski definition) is 1. The minimum atomic E-state index is 0.532. The molecule has 66 valence electrons. The van der Waals surface area contributed by atoms with Gasteiger partial charge in [-0.25, -0.2) is 0 Å². The standard InChI is InChI=1S/C10H16N2/c1-8(2)12-7-10-6-11-5-4-9(10)3/h4-6,8,12H,7H2,1-3H3. The molecule has 0 atom stereocenters. The Bertz CT molecular complexity index is 243. The molecule has 1 rings (SSSR count). The van der Waals surface area contributed by atoms with Crippen molar-refractivity contribution in [2.45, 2.75) is 33.4 Å². The smallest absolute Gasteiger partial charge is 0.0315 e. The maximum Gasteiger partial charge on any atom is 0.0315 e. The van der Waals surface area contributed by atoms with Gasteiger partial charge in [0, 0.05) is 25.0 Å². The molecular formula is C10H16N2. The van der Waals surface area contributed by atoms with Crippen molar-refractivity contribution in [1.29, 1.82) is 0 Å². The summed E-state index contributed by atoms with van der Waals surface area (Å²) in [4.78, 5) is 4.08. The maximum atomic E-state index is 4.08. The molecule has 0 fully saturated rings. The first-order valence-corrected chi connectivity index (χ1v) is 4.33. The molecule has 0 aliphatic heterocycles. The van der Waals surface area contributed by atoms with Gasteiger partial charge >= 0.3 is 0 Å². The zero-order valence-corrected chi connectivity index (χ0v) is 7.96. The largest absolute Gasteiger partial charge is 0.310 e. The Morgan fingerprint density at radius 2 is 2.25 bits per heavy atom. The van der Waals surface area contributed by atoms with Crippen LogP contribution in [0.5, 0.6) is 0 Å². The van der Waals surface area contributed by atoms with Gasteiger partial charge in [0.25, 0.3) is 0 Å². The van der Waals surface area contributed by atoms with Crippen LogP contribution in [0, 0.1) is 6.92 Å². The number of hydrogen-bond acceptors (Lipinski definition) is 2. The second-order valence-electron chi connectivity index (χ2n) is 3.34. The average Bonchev–Trinajstić information content (AvgIpc) is 2.03. The fraction of sp³-hybridized carbons (Fsp3) is 0.500. The highest BCUT2D eigenvalue weighted by atomic mass is 14.9. The minimum absolute atomic E-state index is 0.532. The van der Waals surface area contributed by atoms with E-state index in [9.17, 15) is 0 Å². The van der Waals surface area contributed by atoms with E-state index in [0.717, 1.165) is 6.54 Å². The van der Waals surface area contributed by atoms with Crippen LogP contribution < -0.4 is 5.32 Å². The molecular weight excluding hydrogens is 148 g/mol. The highest BCUT2D eigenvalue weighted by molar-refractivity contribution is 5.20. The van der Waals surface area contributed by atoms with E-state index >= 15 is 0 Å². The van der Waals surface area contributed by atoms with Gasteiger partial charge in [-0.2, -0.15) is 0 Å². The monoisotopic (exact) mass is 164 g/mol. The Morgan fingerprint density at radius 3 is 2.83 bits per heavy atom. The lowest BCUT2D eigenvalue weighted by Gasteiger charge is -2.09. The van der Waals surface area contributed by atoms with Gasteiger partial charge in [0.2, 0.25) is 0 Å². The van der Waals surface area contributed by atoms with Crippen LogP contribution in [0.1, 0.15) is 25.0 Å². The third-order valence-corrected chi connectivity index (χ3v) is 1.85. The number of pyridine rings is 1. The first-order valence-electron chi connectivity index (χ1n) is 4.33. The highest BCUT2D eigenvalue weighted by Gasteiger charge is 1.97. The molecule has 1 N–H and O–H groups in total. The maximum absolute atomic E-state index is 4.08. The topological polar surface area (TPSA) is 24.9 Å². The van der Waals surface area contributed by atoms with Crippen LogP contribution in [0.15, 0.2) is 18.5 Å². The van der Waals surface area contributed by atoms with E-state index in [0.29, 0.717) is 6.04 Å². The van der Waals surface area contributed by atoms with Crippen molar-refractivity contribution in [3.8, 4) is 0 Å². The average molecular weight is 164 g/mol. The van der Waals surface area contributed by atoms with Crippen LogP contribution >= 0.6 is 0 Å². The van der Waals surface area contributed by atoms with Crippen molar-refractivity contribution < 1.29 is 0 Å². The van der Waals surface area contributed by atoms with Crippen molar-refractivity contribution in [1.82, 2.24) is 10.3 Å². The third kappa shape index (κ3) is 2.62. The molecule has 0 saturated heterocycles. The van der Waals surface area contributed by atoms with Crippen molar-refractivity contribution in [2.24, 2.45) is 0 Å². The number of aryl methyl sites for hydroxylation is 1. The summed E-state index contributed by atoms with van der Waals surface area (Å²) < 4.78 is 0. The van der Waals surface area contributed by atoms with Gasteiger partial charge in [-0.15, -0.1) is 0 Å². The lowest BCUT2D eigenvalue weighted by Crippen LogP contribution is -2.22. The summed E-state index contributed by atoms with van der Waals surface area (Å²) in [6.45, 7) is 7.31. The molecule has 1 heterocycles. The number of nitrogens with one attached hydrogen (secondary N) is 1. The van der Waals surface area contributed by atoms with E-state index in [1.54, 1.807) is 0 Å². The van der Waals surface area contributed by atoms with E-state index in [-0.39, 0.29) is 0 Å². The van der Waals surface area contributed by atoms with Crippen LogP contribution in [-0.2, 0) is 6.54 Å². The molecule has 0 aliphatic carbocycles. The van der Waals surface area contributed by atoms with Crippen molar-refractivity contribution >= 4 is 0 Å². The van der Waals surface area contributed by atoms with Gasteiger partial charge in [0.1, 0.15) is 0 Å². The molecule has 0 spiro atoms. The summed E-state index contributed by atoms with van der Waals surface area (Å²) in [5, 5.41) is 3.36. The molecule has 0 saturated carbocycles. The molecule has 0 radical (unpaired) electrons. The van der Waals surface area contributed by atoms with Crippen LogP contribution in [-0.4, -0.2) is 11.0 Å². The first kappa shape index (κ1) is 9.20. The summed E-state index contributed by atoms with van der Waals surface area (Å²) >= 11 is 0. The Balaban J connectivity index is 2.57. The van der Waals surface area contributed by atoms with Crippen molar-refractivity contribution in [2.75, 3.05) is 0 Å². The SMILES string of the molecule is Cc1ccncc1CNC(C)C. The Kier molecular flexibility index (Phi) is 3.23. The summed E-state index contributed by atoms with van der Waals surface area (Å²) in [6, 6.07) is 2.57. The van der Waals surface area contributed by atoms with Crippen LogP contribution in [0.25, 0.3) is 0 Å². The zero-order valence-electron chi connectivity index (χ0n) is 7.96. The molecule has 1 aromatic rings. The number of rotatable bonds is 3. The van der Waals surface area contributed by atoms with E-state index in [4.69, 9.17) is 0 Å². The fourth-order valence-corrected chi connectivity index (χ4v) is 0.996. The summed E-state index contributed by atoms with van der Waals surface area (Å²) in [6.07, 6.45) is 3.75. The zero-order chi connectivity index (χ0) is 8.97. The Labute approximate surface area is 74.0 Å². The lowest BCUT2D eigenvalue weighted by atomic mass is 10.1. The Morgan fingerprint density at radius 1 is 1.50 bits per heavy atom. The summed E-state index contributed by atoms with van der Waals surface area (Å²) in [5.41, 5.74) is 2.59. The van der Waals surface area contributed by atoms with Crippen LogP contribution in [0.2, 0.25) is 0 Å². The van der Waals surface area contributed by atoms with Crippen molar-refractivity contribution in [3.63, 3.8) is 0 Å². The van der Waals surface area contributed by atoms with E-state index in [1.807, 2.05) is 18.5 Å². The van der Waals surface area contributed by atoms with Gasteiger partial charge in [0.05, 0.1) is 0 Å². The van der Waals surface area contributed by atoms with Crippen LogP contribution in [0.3, 0.4) is 0 Å². The number of aromatic nitrogens is 1. The van der Waals surface area contributed by atoms with E-state index in [2.05, 4.69) is 31.1 Å². The first-order chi connectivity index (χ1) is 5.70. The minimum Gasteiger partial charge on any atom is -0.310 e. The number of nitrogens with zero attached hydrogens (tertiary/aromatic N) is 1. The molecule has 0 amide bonds. The van der Waals surface area contributed by atoms with Crippen LogP contribution in [0.4, 0.5) is 0 Å². The molecule has 2 nitrogen and oxygen atoms in total. The second kappa shape index (κ2) is 4.21. The second-order valence-corrected chi connectivity index (χ2v) is 3.34. The van der Waals surface area contributed by atoms with E-state index < -0.39 is 0 Å².